The molecule has 2 N–H and O–H groups in total. The van der Waals surface area contributed by atoms with Gasteiger partial charge in [-0.05, 0) is 24.3 Å². The monoisotopic (exact) mass is 280 g/mol. The molecule has 1 aliphatic rings. The fraction of sp³-hybridized carbons (Fsp3) is 0. The number of rotatable bonds is 2. The molecule has 0 atom stereocenters. The van der Waals surface area contributed by atoms with E-state index in [-0.39, 0.29) is 11.5 Å². The summed E-state index contributed by atoms with van der Waals surface area (Å²) in [6.45, 7) is 0. The van der Waals surface area contributed by atoms with Crippen molar-refractivity contribution in [3.8, 4) is 5.75 Å². The normalized spacial score (nSPS) is 15.1. The summed E-state index contributed by atoms with van der Waals surface area (Å²) in [5.41, 5.74) is 1.14. The van der Waals surface area contributed by atoms with Crippen LogP contribution in [0.15, 0.2) is 60.3 Å². The van der Waals surface area contributed by atoms with Crippen LogP contribution >= 0.6 is 0 Å². The average Bonchev–Trinajstić information content (AvgIpc) is 2.42. The molecule has 91 valence electrons. The van der Waals surface area contributed by atoms with Crippen molar-refractivity contribution < 1.29 is 30.9 Å². The van der Waals surface area contributed by atoms with Crippen LogP contribution in [0.2, 0.25) is 0 Å². The third kappa shape index (κ3) is 3.84. The topological polar surface area (TPSA) is 66.4 Å². The third-order valence-corrected chi connectivity index (χ3v) is 2.21. The van der Waals surface area contributed by atoms with Crippen molar-refractivity contribution >= 4 is 11.5 Å². The van der Waals surface area contributed by atoms with Gasteiger partial charge in [0.15, 0.2) is 5.78 Å². The Morgan fingerprint density at radius 2 is 1.78 bits per heavy atom. The summed E-state index contributed by atoms with van der Waals surface area (Å²) in [6, 6.07) is 6.86. The van der Waals surface area contributed by atoms with E-state index in [4.69, 9.17) is 3.67 Å². The van der Waals surface area contributed by atoms with Crippen LogP contribution in [0.25, 0.3) is 0 Å². The molecule has 0 saturated carbocycles. The van der Waals surface area contributed by atoms with E-state index in [1.54, 1.807) is 48.7 Å². The molecule has 0 heterocycles. The number of phenols is 1. The number of phenolic OH excluding ortho intramolecular Hbond substituents is 1. The van der Waals surface area contributed by atoms with Crippen LogP contribution in [0.1, 0.15) is 0 Å². The molecule has 0 fully saturated rings. The van der Waals surface area contributed by atoms with E-state index in [1.165, 1.54) is 6.08 Å². The predicted octanol–water partition coefficient (Wildman–Crippen LogP) is 2.26. The van der Waals surface area contributed by atoms with E-state index in [0.29, 0.717) is 11.3 Å². The van der Waals surface area contributed by atoms with Crippen LogP contribution < -0.4 is 5.32 Å². The molecular formula is C13H11NO3V. The molecule has 0 unspecified atom stereocenters. The number of ketones is 1. The summed E-state index contributed by atoms with van der Waals surface area (Å²) in [5, 5.41) is 12.4. The van der Waals surface area contributed by atoms with Gasteiger partial charge in [-0.3, -0.25) is 4.79 Å². The van der Waals surface area contributed by atoms with Crippen molar-refractivity contribution in [1.29, 1.82) is 0 Å². The standard InChI is InChI=1S/C13H11NO2.O.V/c15-12-7-3-1-5-10(12)9-14-11-6-2-4-8-13(11)16;;/h1-9,14,16H;;/b10-9-;;. The number of nitrogens with one attached hydrogen (secondary N) is 1. The second-order valence-corrected chi connectivity index (χ2v) is 3.34. The van der Waals surface area contributed by atoms with E-state index >= 15 is 0 Å². The summed E-state index contributed by atoms with van der Waals surface area (Å²) in [4.78, 5) is 11.4. The Morgan fingerprint density at radius 1 is 1.11 bits per heavy atom. The minimum absolute atomic E-state index is 0.0505. The number of allylic oxidation sites excluding steroid dienone is 5. The Kier molecular flexibility index (Phi) is 5.84. The summed E-state index contributed by atoms with van der Waals surface area (Å²) in [5.74, 6) is 0.104. The first-order valence-electron chi connectivity index (χ1n) is 5.09. The Balaban J connectivity index is 0.000000771. The van der Waals surface area contributed by atoms with Gasteiger partial charge in [0.2, 0.25) is 0 Å². The average molecular weight is 280 g/mol. The predicted molar refractivity (Wildman–Crippen MR) is 63.8 cm³/mol. The summed E-state index contributed by atoms with van der Waals surface area (Å²) < 4.78 is 8.19. The van der Waals surface area contributed by atoms with Crippen molar-refractivity contribution in [2.75, 3.05) is 5.32 Å². The first kappa shape index (κ1) is 14.2. The van der Waals surface area contributed by atoms with Gasteiger partial charge in [-0.15, -0.1) is 0 Å². The summed E-state index contributed by atoms with van der Waals surface area (Å²) in [6.07, 6.45) is 8.28. The van der Waals surface area contributed by atoms with Crippen molar-refractivity contribution in [1.82, 2.24) is 0 Å². The number of para-hydroxylation sites is 2. The first-order chi connectivity index (χ1) is 8.77. The van der Waals surface area contributed by atoms with Gasteiger partial charge in [0, 0.05) is 11.8 Å². The van der Waals surface area contributed by atoms with Gasteiger partial charge in [0.25, 0.3) is 0 Å². The van der Waals surface area contributed by atoms with E-state index in [1.807, 2.05) is 0 Å². The second-order valence-electron chi connectivity index (χ2n) is 3.34. The maximum atomic E-state index is 11.4. The van der Waals surface area contributed by atoms with E-state index in [9.17, 15) is 9.90 Å². The summed E-state index contributed by atoms with van der Waals surface area (Å²) >= 11 is 1.06. The van der Waals surface area contributed by atoms with Gasteiger partial charge in [-0.1, -0.05) is 24.3 Å². The second kappa shape index (κ2) is 7.43. The molecule has 1 aromatic rings. The van der Waals surface area contributed by atoms with Crippen molar-refractivity contribution in [2.24, 2.45) is 0 Å². The molecule has 0 radical (unpaired) electrons. The molecular weight excluding hydrogens is 269 g/mol. The number of hydrogen-bond acceptors (Lipinski definition) is 4. The zero-order valence-corrected chi connectivity index (χ0v) is 10.8. The molecule has 0 amide bonds. The molecule has 0 bridgehead atoms. The van der Waals surface area contributed by atoms with Crippen LogP contribution in [0.5, 0.6) is 5.75 Å². The zero-order valence-electron chi connectivity index (χ0n) is 9.41. The molecule has 1 aliphatic carbocycles. The SMILES string of the molecule is O=C1C=CC=C/C1=C/Nc1ccccc1O.[O]=[V]. The Hall–Kier alpha value is -1.91. The van der Waals surface area contributed by atoms with Crippen LogP contribution in [0.4, 0.5) is 5.69 Å². The molecule has 5 heteroatoms. The molecule has 1 aromatic carbocycles. The van der Waals surface area contributed by atoms with Crippen LogP contribution in [-0.2, 0) is 25.8 Å². The zero-order chi connectivity index (χ0) is 13.4. The molecule has 0 spiro atoms. The maximum absolute atomic E-state index is 11.4. The van der Waals surface area contributed by atoms with Crippen LogP contribution in [-0.4, -0.2) is 10.9 Å². The van der Waals surface area contributed by atoms with Gasteiger partial charge in [0.05, 0.1) is 5.69 Å². The number of benzene rings is 1. The molecule has 2 rings (SSSR count). The Morgan fingerprint density at radius 3 is 2.44 bits per heavy atom. The van der Waals surface area contributed by atoms with Gasteiger partial charge in [-0.2, -0.15) is 0 Å². The molecule has 0 aliphatic heterocycles. The van der Waals surface area contributed by atoms with Crippen LogP contribution in [0.3, 0.4) is 0 Å². The molecule has 0 saturated heterocycles. The first-order valence-corrected chi connectivity index (χ1v) is 5.66. The number of hydrogen-bond donors (Lipinski definition) is 2. The molecule has 18 heavy (non-hydrogen) atoms. The fourth-order valence-electron chi connectivity index (χ4n) is 1.35. The van der Waals surface area contributed by atoms with Crippen molar-refractivity contribution in [3.63, 3.8) is 0 Å². The van der Waals surface area contributed by atoms with Crippen molar-refractivity contribution in [2.45, 2.75) is 0 Å². The third-order valence-electron chi connectivity index (χ3n) is 2.21. The number of anilines is 1. The number of aromatic hydroxyl groups is 1. The summed E-state index contributed by atoms with van der Waals surface area (Å²) in [7, 11) is 0. The minimum atomic E-state index is -0.0505. The van der Waals surface area contributed by atoms with Gasteiger partial charge >= 0.3 is 21.0 Å². The van der Waals surface area contributed by atoms with E-state index < -0.39 is 0 Å². The number of carbonyl (C=O) groups is 1. The quantitative estimate of drug-likeness (QED) is 0.644. The van der Waals surface area contributed by atoms with Crippen molar-refractivity contribution in [3.05, 3.63) is 60.3 Å². The molecule has 0 aromatic heterocycles. The van der Waals surface area contributed by atoms with E-state index in [0.717, 1.165) is 17.4 Å². The number of carbonyl (C=O) groups excluding carboxylic acids is 1. The Bertz CT molecular complexity index is 521. The van der Waals surface area contributed by atoms with Gasteiger partial charge in [0.1, 0.15) is 5.75 Å². The fourth-order valence-corrected chi connectivity index (χ4v) is 1.35. The van der Waals surface area contributed by atoms with Crippen LogP contribution in [0, 0.1) is 0 Å². The van der Waals surface area contributed by atoms with Gasteiger partial charge < -0.3 is 10.4 Å². The molecule has 4 nitrogen and oxygen atoms in total. The van der Waals surface area contributed by atoms with E-state index in [2.05, 4.69) is 5.32 Å². The van der Waals surface area contributed by atoms with Gasteiger partial charge in [-0.25, -0.2) is 0 Å². The Labute approximate surface area is 114 Å².